The fraction of sp³-hybridized carbons (Fsp3) is 0.286. The van der Waals surface area contributed by atoms with Crippen LogP contribution in [0.5, 0.6) is 0 Å². The van der Waals surface area contributed by atoms with Gasteiger partial charge in [-0.25, -0.2) is 5.01 Å². The minimum Gasteiger partial charge on any atom is -0.368 e. The van der Waals surface area contributed by atoms with E-state index in [0.29, 0.717) is 24.2 Å². The van der Waals surface area contributed by atoms with E-state index in [0.717, 1.165) is 10.6 Å². The van der Waals surface area contributed by atoms with Gasteiger partial charge < -0.3 is 11.1 Å². The van der Waals surface area contributed by atoms with Crippen molar-refractivity contribution < 1.29 is 14.4 Å². The minimum atomic E-state index is -0.602. The lowest BCUT2D eigenvalue weighted by atomic mass is 10.0. The molecule has 3 amide bonds. The van der Waals surface area contributed by atoms with Crippen LogP contribution < -0.4 is 11.1 Å². The molecule has 1 aromatic carbocycles. The van der Waals surface area contributed by atoms with Gasteiger partial charge in [0.25, 0.3) is 0 Å². The van der Waals surface area contributed by atoms with Crippen molar-refractivity contribution in [3.05, 3.63) is 29.8 Å². The van der Waals surface area contributed by atoms with Gasteiger partial charge in [0, 0.05) is 25.5 Å². The van der Waals surface area contributed by atoms with Crippen LogP contribution in [0.4, 0.5) is 5.69 Å². The molecular weight excluding hydrogens is 272 g/mol. The molecule has 1 aromatic rings. The summed E-state index contributed by atoms with van der Waals surface area (Å²) in [5.41, 5.74) is 7.33. The minimum absolute atomic E-state index is 0.143. The molecule has 0 atom stereocenters. The SMILES string of the molecule is CC(=O)Nc1ccc(C2=NN(CC(N)=O)C(=O)CC2)cc1. The van der Waals surface area contributed by atoms with Crippen LogP contribution in [0.15, 0.2) is 29.4 Å². The number of rotatable bonds is 4. The van der Waals surface area contributed by atoms with Gasteiger partial charge in [-0.2, -0.15) is 5.10 Å². The van der Waals surface area contributed by atoms with Crippen LogP contribution in [0, 0.1) is 0 Å². The van der Waals surface area contributed by atoms with Crippen molar-refractivity contribution in [2.75, 3.05) is 11.9 Å². The first-order valence-corrected chi connectivity index (χ1v) is 6.50. The lowest BCUT2D eigenvalue weighted by molar-refractivity contribution is -0.135. The third-order valence-electron chi connectivity index (χ3n) is 2.95. The van der Waals surface area contributed by atoms with Gasteiger partial charge in [-0.3, -0.25) is 14.4 Å². The number of nitrogens with zero attached hydrogens (tertiary/aromatic N) is 2. The molecule has 1 aliphatic rings. The smallest absolute Gasteiger partial charge is 0.243 e. The van der Waals surface area contributed by atoms with E-state index in [-0.39, 0.29) is 18.4 Å². The third-order valence-corrected chi connectivity index (χ3v) is 2.95. The predicted octanol–water partition coefficient (Wildman–Crippen LogP) is 0.457. The second-order valence-corrected chi connectivity index (χ2v) is 4.72. The largest absolute Gasteiger partial charge is 0.368 e. The van der Waals surface area contributed by atoms with Crippen LogP contribution in [-0.4, -0.2) is 35.0 Å². The lowest BCUT2D eigenvalue weighted by Gasteiger charge is -2.22. The highest BCUT2D eigenvalue weighted by atomic mass is 16.2. The number of hydrogen-bond acceptors (Lipinski definition) is 4. The number of hydrazone groups is 1. The normalized spacial score (nSPS) is 14.6. The van der Waals surface area contributed by atoms with E-state index in [9.17, 15) is 14.4 Å². The molecule has 7 nitrogen and oxygen atoms in total. The maximum absolute atomic E-state index is 11.6. The summed E-state index contributed by atoms with van der Waals surface area (Å²) in [4.78, 5) is 33.5. The number of carbonyl (C=O) groups is 3. The maximum atomic E-state index is 11.6. The molecule has 3 N–H and O–H groups in total. The van der Waals surface area contributed by atoms with Crippen molar-refractivity contribution in [1.82, 2.24) is 5.01 Å². The maximum Gasteiger partial charge on any atom is 0.243 e. The van der Waals surface area contributed by atoms with Gasteiger partial charge in [-0.15, -0.1) is 0 Å². The molecule has 2 rings (SSSR count). The van der Waals surface area contributed by atoms with Gasteiger partial charge in [-0.1, -0.05) is 12.1 Å². The van der Waals surface area contributed by atoms with Gasteiger partial charge in [-0.05, 0) is 17.7 Å². The zero-order valence-corrected chi connectivity index (χ0v) is 11.6. The number of carbonyl (C=O) groups excluding carboxylic acids is 3. The summed E-state index contributed by atoms with van der Waals surface area (Å²) in [6, 6.07) is 7.13. The first kappa shape index (κ1) is 14.7. The fourth-order valence-corrected chi connectivity index (χ4v) is 2.03. The summed E-state index contributed by atoms with van der Waals surface area (Å²) >= 11 is 0. The monoisotopic (exact) mass is 288 g/mol. The fourth-order valence-electron chi connectivity index (χ4n) is 2.03. The number of nitrogens with two attached hydrogens (primary N) is 1. The predicted molar refractivity (Wildman–Crippen MR) is 77.4 cm³/mol. The van der Waals surface area contributed by atoms with Crippen molar-refractivity contribution in [2.45, 2.75) is 19.8 Å². The average molecular weight is 288 g/mol. The second-order valence-electron chi connectivity index (χ2n) is 4.72. The van der Waals surface area contributed by atoms with Crippen LogP contribution in [0.2, 0.25) is 0 Å². The average Bonchev–Trinajstić information content (AvgIpc) is 2.41. The van der Waals surface area contributed by atoms with E-state index in [2.05, 4.69) is 10.4 Å². The molecule has 21 heavy (non-hydrogen) atoms. The van der Waals surface area contributed by atoms with Gasteiger partial charge in [0.05, 0.1) is 5.71 Å². The molecule has 0 saturated carbocycles. The number of benzene rings is 1. The van der Waals surface area contributed by atoms with Crippen LogP contribution in [0.25, 0.3) is 0 Å². The molecule has 0 fully saturated rings. The van der Waals surface area contributed by atoms with Crippen LogP contribution >= 0.6 is 0 Å². The zero-order chi connectivity index (χ0) is 15.4. The molecular formula is C14H16N4O3. The molecule has 0 aliphatic carbocycles. The zero-order valence-electron chi connectivity index (χ0n) is 11.6. The molecule has 0 bridgehead atoms. The summed E-state index contributed by atoms with van der Waals surface area (Å²) in [5, 5.41) is 7.95. The van der Waals surface area contributed by atoms with Crippen molar-refractivity contribution in [3.8, 4) is 0 Å². The number of primary amides is 1. The van der Waals surface area contributed by atoms with Crippen LogP contribution in [-0.2, 0) is 14.4 Å². The molecule has 7 heteroatoms. The topological polar surface area (TPSA) is 105 Å². The summed E-state index contributed by atoms with van der Waals surface area (Å²) in [7, 11) is 0. The first-order chi connectivity index (χ1) is 9.95. The van der Waals surface area contributed by atoms with E-state index in [4.69, 9.17) is 5.73 Å². The number of amides is 3. The number of hydrogen-bond donors (Lipinski definition) is 2. The molecule has 0 saturated heterocycles. The van der Waals surface area contributed by atoms with E-state index < -0.39 is 5.91 Å². The first-order valence-electron chi connectivity index (χ1n) is 6.50. The van der Waals surface area contributed by atoms with Crippen molar-refractivity contribution >= 4 is 29.1 Å². The van der Waals surface area contributed by atoms with E-state index in [1.165, 1.54) is 6.92 Å². The molecule has 110 valence electrons. The van der Waals surface area contributed by atoms with Crippen molar-refractivity contribution in [2.24, 2.45) is 10.8 Å². The summed E-state index contributed by atoms with van der Waals surface area (Å²) in [6.07, 6.45) is 0.799. The quantitative estimate of drug-likeness (QED) is 0.840. The molecule has 0 aromatic heterocycles. The van der Waals surface area contributed by atoms with Crippen LogP contribution in [0.3, 0.4) is 0 Å². The molecule has 0 spiro atoms. The molecule has 1 heterocycles. The molecule has 0 radical (unpaired) electrons. The van der Waals surface area contributed by atoms with Gasteiger partial charge >= 0.3 is 0 Å². The Balaban J connectivity index is 2.18. The van der Waals surface area contributed by atoms with Gasteiger partial charge in [0.1, 0.15) is 6.54 Å². The summed E-state index contributed by atoms with van der Waals surface area (Å²) < 4.78 is 0. The Morgan fingerprint density at radius 1 is 1.29 bits per heavy atom. The number of nitrogens with one attached hydrogen (secondary N) is 1. The Labute approximate surface area is 121 Å². The third kappa shape index (κ3) is 3.88. The number of anilines is 1. The Morgan fingerprint density at radius 3 is 2.52 bits per heavy atom. The Bertz CT molecular complexity index is 607. The highest BCUT2D eigenvalue weighted by Crippen LogP contribution is 2.17. The Kier molecular flexibility index (Phi) is 4.32. The van der Waals surface area contributed by atoms with Gasteiger partial charge in [0.2, 0.25) is 17.7 Å². The second kappa shape index (κ2) is 6.17. The van der Waals surface area contributed by atoms with Gasteiger partial charge in [0.15, 0.2) is 0 Å². The van der Waals surface area contributed by atoms with Crippen molar-refractivity contribution in [1.29, 1.82) is 0 Å². The highest BCUT2D eigenvalue weighted by molar-refractivity contribution is 6.05. The van der Waals surface area contributed by atoms with Crippen LogP contribution in [0.1, 0.15) is 25.3 Å². The molecule has 1 aliphatic heterocycles. The lowest BCUT2D eigenvalue weighted by Crippen LogP contribution is -2.38. The standard InChI is InChI=1S/C14H16N4O3/c1-9(19)16-11-4-2-10(3-5-11)12-6-7-14(21)18(17-12)8-13(15)20/h2-5H,6-8H2,1H3,(H2,15,20)(H,16,19). The molecule has 0 unspecified atom stereocenters. The van der Waals surface area contributed by atoms with Crippen molar-refractivity contribution in [3.63, 3.8) is 0 Å². The van der Waals surface area contributed by atoms with E-state index >= 15 is 0 Å². The van der Waals surface area contributed by atoms with E-state index in [1.54, 1.807) is 12.1 Å². The summed E-state index contributed by atoms with van der Waals surface area (Å²) in [6.45, 7) is 1.22. The Morgan fingerprint density at radius 2 is 1.95 bits per heavy atom. The Hall–Kier alpha value is -2.70. The van der Waals surface area contributed by atoms with E-state index in [1.807, 2.05) is 12.1 Å². The highest BCUT2D eigenvalue weighted by Gasteiger charge is 2.22. The summed E-state index contributed by atoms with van der Waals surface area (Å²) in [5.74, 6) is -0.960.